The zero-order valence-electron chi connectivity index (χ0n) is 10.8. The van der Waals surface area contributed by atoms with Crippen molar-refractivity contribution in [3.63, 3.8) is 0 Å². The molecule has 0 atom stereocenters. The maximum atomic E-state index is 13.3. The molecule has 0 spiro atoms. The fourth-order valence-corrected chi connectivity index (χ4v) is 1.39. The molecule has 0 bridgehead atoms. The number of carbonyl (C=O) groups is 1. The Labute approximate surface area is 106 Å². The van der Waals surface area contributed by atoms with E-state index in [4.69, 9.17) is 0 Å². The minimum absolute atomic E-state index is 0.0468. The number of hydrogen-bond acceptors (Lipinski definition) is 2. The van der Waals surface area contributed by atoms with Gasteiger partial charge < -0.3 is 10.6 Å². The summed E-state index contributed by atoms with van der Waals surface area (Å²) in [5.41, 5.74) is -0.319. The molecule has 0 saturated carbocycles. The number of nitrogens with one attached hydrogen (secondary N) is 2. The Bertz CT molecular complexity index is 427. The Hall–Kier alpha value is -1.49. The lowest BCUT2D eigenvalue weighted by Gasteiger charge is -2.20. The van der Waals surface area contributed by atoms with Gasteiger partial charge in [0.15, 0.2) is 11.6 Å². The summed E-state index contributed by atoms with van der Waals surface area (Å²) < 4.78 is 26.2. The van der Waals surface area contributed by atoms with E-state index in [1.807, 2.05) is 20.8 Å². The van der Waals surface area contributed by atoms with Crippen molar-refractivity contribution < 1.29 is 13.6 Å². The topological polar surface area (TPSA) is 41.1 Å². The Morgan fingerprint density at radius 2 is 1.89 bits per heavy atom. The van der Waals surface area contributed by atoms with Gasteiger partial charge in [0.05, 0.1) is 5.56 Å². The average Bonchev–Trinajstić information content (AvgIpc) is 2.26. The van der Waals surface area contributed by atoms with E-state index in [1.165, 1.54) is 12.1 Å². The van der Waals surface area contributed by atoms with E-state index in [2.05, 4.69) is 10.6 Å². The molecule has 1 rings (SSSR count). The van der Waals surface area contributed by atoms with Gasteiger partial charge in [-0.3, -0.25) is 4.79 Å². The summed E-state index contributed by atoms with van der Waals surface area (Å²) in [5, 5.41) is 5.70. The quantitative estimate of drug-likeness (QED) is 0.810. The van der Waals surface area contributed by atoms with Crippen molar-refractivity contribution in [2.24, 2.45) is 0 Å². The van der Waals surface area contributed by atoms with Gasteiger partial charge in [0.25, 0.3) is 5.91 Å². The van der Waals surface area contributed by atoms with Gasteiger partial charge in [0.2, 0.25) is 0 Å². The van der Waals surface area contributed by atoms with E-state index in [9.17, 15) is 13.6 Å². The molecule has 0 aliphatic heterocycles. The van der Waals surface area contributed by atoms with Gasteiger partial charge in [-0.15, -0.1) is 0 Å². The average molecular weight is 256 g/mol. The van der Waals surface area contributed by atoms with Crippen molar-refractivity contribution in [2.75, 3.05) is 13.1 Å². The van der Waals surface area contributed by atoms with E-state index in [0.717, 1.165) is 6.07 Å². The highest BCUT2D eigenvalue weighted by Crippen LogP contribution is 2.10. The van der Waals surface area contributed by atoms with Crippen molar-refractivity contribution in [3.8, 4) is 0 Å². The number of halogens is 2. The van der Waals surface area contributed by atoms with E-state index in [-0.39, 0.29) is 11.1 Å². The molecule has 1 aromatic carbocycles. The maximum absolute atomic E-state index is 13.3. The summed E-state index contributed by atoms with van der Waals surface area (Å²) in [6.07, 6.45) is 0. The summed E-state index contributed by atoms with van der Waals surface area (Å²) in [6.45, 7) is 6.92. The minimum atomic E-state index is -1.11. The van der Waals surface area contributed by atoms with Crippen molar-refractivity contribution in [2.45, 2.75) is 26.3 Å². The highest BCUT2D eigenvalue weighted by atomic mass is 19.2. The van der Waals surface area contributed by atoms with E-state index < -0.39 is 17.5 Å². The van der Waals surface area contributed by atoms with Crippen LogP contribution in [-0.4, -0.2) is 24.5 Å². The van der Waals surface area contributed by atoms with Crippen LogP contribution in [0.2, 0.25) is 0 Å². The molecule has 100 valence electrons. The van der Waals surface area contributed by atoms with Crippen LogP contribution in [0.5, 0.6) is 0 Å². The third kappa shape index (κ3) is 4.41. The second kappa shape index (κ2) is 5.91. The Morgan fingerprint density at radius 1 is 1.22 bits per heavy atom. The zero-order chi connectivity index (χ0) is 13.8. The van der Waals surface area contributed by atoms with E-state index in [1.54, 1.807) is 0 Å². The summed E-state index contributed by atoms with van der Waals surface area (Å²) in [4.78, 5) is 11.6. The molecule has 0 aliphatic carbocycles. The molecule has 0 saturated heterocycles. The molecule has 18 heavy (non-hydrogen) atoms. The summed E-state index contributed by atoms with van der Waals surface area (Å²) in [7, 11) is 0. The van der Waals surface area contributed by atoms with E-state index in [0.29, 0.717) is 13.1 Å². The van der Waals surface area contributed by atoms with Gasteiger partial charge in [-0.25, -0.2) is 8.78 Å². The first-order chi connectivity index (χ1) is 8.31. The van der Waals surface area contributed by atoms with Crippen LogP contribution in [0.3, 0.4) is 0 Å². The third-order valence-electron chi connectivity index (χ3n) is 2.26. The van der Waals surface area contributed by atoms with Gasteiger partial charge in [0, 0.05) is 18.6 Å². The van der Waals surface area contributed by atoms with Crippen LogP contribution in [0.1, 0.15) is 31.1 Å². The first kappa shape index (κ1) is 14.6. The van der Waals surface area contributed by atoms with Crippen LogP contribution in [0, 0.1) is 11.6 Å². The number of carbonyl (C=O) groups excluding carboxylic acids is 1. The van der Waals surface area contributed by atoms with Gasteiger partial charge in [0.1, 0.15) is 0 Å². The Balaban J connectivity index is 2.49. The maximum Gasteiger partial charge on any atom is 0.254 e. The smallest absolute Gasteiger partial charge is 0.254 e. The molecule has 5 heteroatoms. The second-order valence-electron chi connectivity index (χ2n) is 5.03. The van der Waals surface area contributed by atoms with Crippen LogP contribution in [0.25, 0.3) is 0 Å². The van der Waals surface area contributed by atoms with Crippen LogP contribution in [-0.2, 0) is 0 Å². The van der Waals surface area contributed by atoms with Crippen LogP contribution < -0.4 is 10.6 Å². The van der Waals surface area contributed by atoms with Crippen LogP contribution >= 0.6 is 0 Å². The zero-order valence-corrected chi connectivity index (χ0v) is 10.8. The van der Waals surface area contributed by atoms with Crippen molar-refractivity contribution in [1.82, 2.24) is 10.6 Å². The summed E-state index contributed by atoms with van der Waals surface area (Å²) in [6, 6.07) is 3.54. The van der Waals surface area contributed by atoms with Crippen molar-refractivity contribution >= 4 is 5.91 Å². The van der Waals surface area contributed by atoms with Crippen LogP contribution in [0.4, 0.5) is 8.78 Å². The number of rotatable bonds is 4. The second-order valence-corrected chi connectivity index (χ2v) is 5.03. The van der Waals surface area contributed by atoms with Crippen LogP contribution in [0.15, 0.2) is 18.2 Å². The molecule has 0 radical (unpaired) electrons. The molecule has 0 heterocycles. The normalized spacial score (nSPS) is 11.4. The lowest BCUT2D eigenvalue weighted by Crippen LogP contribution is -2.41. The molecule has 0 aromatic heterocycles. The molecular formula is C13H18F2N2O. The number of hydrogen-bond donors (Lipinski definition) is 2. The predicted octanol–water partition coefficient (Wildman–Crippen LogP) is 2.08. The Kier molecular flexibility index (Phi) is 4.78. The highest BCUT2D eigenvalue weighted by Gasteiger charge is 2.14. The molecule has 2 N–H and O–H groups in total. The standard InChI is InChI=1S/C13H18F2N2O/c1-13(2,3)17-8-7-16-12(18)9-5-4-6-10(14)11(9)15/h4-6,17H,7-8H2,1-3H3,(H,16,18). The fraction of sp³-hybridized carbons (Fsp3) is 0.462. The predicted molar refractivity (Wildman–Crippen MR) is 66.4 cm³/mol. The highest BCUT2D eigenvalue weighted by molar-refractivity contribution is 5.94. The first-order valence-electron chi connectivity index (χ1n) is 5.78. The van der Waals surface area contributed by atoms with E-state index >= 15 is 0 Å². The largest absolute Gasteiger partial charge is 0.351 e. The Morgan fingerprint density at radius 3 is 2.50 bits per heavy atom. The monoisotopic (exact) mass is 256 g/mol. The summed E-state index contributed by atoms with van der Waals surface area (Å²) in [5.74, 6) is -2.74. The molecule has 0 aliphatic rings. The molecule has 3 nitrogen and oxygen atoms in total. The molecule has 0 fully saturated rings. The molecule has 1 amide bonds. The minimum Gasteiger partial charge on any atom is -0.351 e. The number of amides is 1. The third-order valence-corrected chi connectivity index (χ3v) is 2.26. The summed E-state index contributed by atoms with van der Waals surface area (Å²) >= 11 is 0. The number of benzene rings is 1. The first-order valence-corrected chi connectivity index (χ1v) is 5.78. The lowest BCUT2D eigenvalue weighted by atomic mass is 10.1. The lowest BCUT2D eigenvalue weighted by molar-refractivity contribution is 0.0948. The van der Waals surface area contributed by atoms with Gasteiger partial charge in [-0.1, -0.05) is 6.07 Å². The SMILES string of the molecule is CC(C)(C)NCCNC(=O)c1cccc(F)c1F. The molecule has 0 unspecified atom stereocenters. The van der Waals surface area contributed by atoms with Crippen molar-refractivity contribution in [3.05, 3.63) is 35.4 Å². The van der Waals surface area contributed by atoms with Gasteiger partial charge >= 0.3 is 0 Å². The van der Waals surface area contributed by atoms with Gasteiger partial charge in [-0.05, 0) is 32.9 Å². The molecule has 1 aromatic rings. The van der Waals surface area contributed by atoms with Crippen molar-refractivity contribution in [1.29, 1.82) is 0 Å². The fourth-order valence-electron chi connectivity index (χ4n) is 1.39. The molecular weight excluding hydrogens is 238 g/mol. The van der Waals surface area contributed by atoms with Gasteiger partial charge in [-0.2, -0.15) is 0 Å².